The van der Waals surface area contributed by atoms with Gasteiger partial charge in [-0.2, -0.15) is 0 Å². The van der Waals surface area contributed by atoms with Crippen LogP contribution in [-0.4, -0.2) is 89.5 Å². The fourth-order valence-corrected chi connectivity index (χ4v) is 6.14. The maximum atomic E-state index is 13.6. The second kappa shape index (κ2) is 11.0. The first-order chi connectivity index (χ1) is 17.9. The molecule has 3 atom stereocenters. The summed E-state index contributed by atoms with van der Waals surface area (Å²) < 4.78 is 11.7. The minimum Gasteiger partial charge on any atom is -0.508 e. The molecule has 5 rings (SSSR count). The van der Waals surface area contributed by atoms with E-state index in [1.54, 1.807) is 6.07 Å². The van der Waals surface area contributed by atoms with Crippen molar-refractivity contribution >= 4 is 5.91 Å². The number of ether oxygens (including phenoxy) is 2. The number of aromatic hydroxyl groups is 1. The Balaban J connectivity index is 1.41. The van der Waals surface area contributed by atoms with Crippen LogP contribution < -0.4 is 0 Å². The second-order valence-corrected chi connectivity index (χ2v) is 10.7. The first kappa shape index (κ1) is 25.9. The van der Waals surface area contributed by atoms with Crippen LogP contribution >= 0.6 is 0 Å². The van der Waals surface area contributed by atoms with E-state index >= 15 is 0 Å². The molecular formula is C30H39N3O4. The Labute approximate surface area is 220 Å². The van der Waals surface area contributed by atoms with Gasteiger partial charge in [0.2, 0.25) is 0 Å². The normalized spacial score (nSPS) is 25.3. The minimum absolute atomic E-state index is 0.0431. The van der Waals surface area contributed by atoms with Gasteiger partial charge in [0.15, 0.2) is 5.79 Å². The van der Waals surface area contributed by atoms with E-state index in [0.29, 0.717) is 50.8 Å². The average Bonchev–Trinajstić information content (AvgIpc) is 3.35. The number of rotatable bonds is 6. The SMILES string of the molecule is C=CCN1C[C@H](C)N([C@@H](c2cccc(O)c2)c2cccc(C(=O)N3CCC4(CC3)OCCO4)c2)C[C@H]1C. The fraction of sp³-hybridized carbons (Fsp3) is 0.500. The average molecular weight is 506 g/mol. The number of carbonyl (C=O) groups is 1. The summed E-state index contributed by atoms with van der Waals surface area (Å²) in [6, 6.07) is 16.1. The molecule has 37 heavy (non-hydrogen) atoms. The van der Waals surface area contributed by atoms with Crippen molar-refractivity contribution in [3.8, 4) is 5.75 Å². The summed E-state index contributed by atoms with van der Waals surface area (Å²) >= 11 is 0. The molecule has 0 bridgehead atoms. The van der Waals surface area contributed by atoms with Crippen LogP contribution in [0.5, 0.6) is 5.75 Å². The van der Waals surface area contributed by atoms with Crippen LogP contribution in [0.25, 0.3) is 0 Å². The highest BCUT2D eigenvalue weighted by Gasteiger charge is 2.41. The third kappa shape index (κ3) is 5.46. The van der Waals surface area contributed by atoms with Gasteiger partial charge in [0.05, 0.1) is 19.3 Å². The van der Waals surface area contributed by atoms with Crippen molar-refractivity contribution in [2.45, 2.75) is 50.6 Å². The Kier molecular flexibility index (Phi) is 7.67. The molecule has 198 valence electrons. The third-order valence-electron chi connectivity index (χ3n) is 8.12. The number of hydrogen-bond acceptors (Lipinski definition) is 6. The van der Waals surface area contributed by atoms with Gasteiger partial charge >= 0.3 is 0 Å². The van der Waals surface area contributed by atoms with Crippen molar-refractivity contribution in [2.24, 2.45) is 0 Å². The molecule has 3 aliphatic rings. The zero-order chi connectivity index (χ0) is 26.0. The highest BCUT2D eigenvalue weighted by atomic mass is 16.7. The first-order valence-electron chi connectivity index (χ1n) is 13.5. The topological polar surface area (TPSA) is 65.5 Å². The van der Waals surface area contributed by atoms with Crippen molar-refractivity contribution in [2.75, 3.05) is 45.9 Å². The molecule has 0 aromatic heterocycles. The molecule has 1 amide bonds. The van der Waals surface area contributed by atoms with Gasteiger partial charge in [-0.25, -0.2) is 0 Å². The lowest BCUT2D eigenvalue weighted by Gasteiger charge is -2.47. The zero-order valence-electron chi connectivity index (χ0n) is 22.0. The highest BCUT2D eigenvalue weighted by Crippen LogP contribution is 2.36. The number of phenols is 1. The van der Waals surface area contributed by atoms with E-state index in [1.807, 2.05) is 41.3 Å². The van der Waals surface area contributed by atoms with E-state index in [1.165, 1.54) is 0 Å². The molecule has 7 nitrogen and oxygen atoms in total. The number of hydrogen-bond donors (Lipinski definition) is 1. The second-order valence-electron chi connectivity index (χ2n) is 10.7. The number of piperazine rings is 1. The molecule has 7 heteroatoms. The van der Waals surface area contributed by atoms with Gasteiger partial charge in [-0.05, 0) is 49.2 Å². The predicted molar refractivity (Wildman–Crippen MR) is 144 cm³/mol. The highest BCUT2D eigenvalue weighted by molar-refractivity contribution is 5.94. The summed E-state index contributed by atoms with van der Waals surface area (Å²) in [5.41, 5.74) is 2.78. The van der Waals surface area contributed by atoms with E-state index in [2.05, 4.69) is 42.4 Å². The van der Waals surface area contributed by atoms with Crippen molar-refractivity contribution < 1.29 is 19.4 Å². The molecule has 0 unspecified atom stereocenters. The molecule has 1 N–H and O–H groups in total. The zero-order valence-corrected chi connectivity index (χ0v) is 22.0. The van der Waals surface area contributed by atoms with Crippen LogP contribution in [-0.2, 0) is 9.47 Å². The lowest BCUT2D eigenvalue weighted by Crippen LogP contribution is -2.57. The standard InChI is InChI=1S/C30H39N3O4/c1-4-13-32-20-23(3)33(21-22(32)2)28(25-8-6-10-27(34)19-25)24-7-5-9-26(18-24)29(35)31-14-11-30(12-15-31)36-16-17-37-30/h4-10,18-19,22-23,28,34H,1,11-17,20-21H2,2-3H3/t22-,23+,28-/m1/s1. The van der Waals surface area contributed by atoms with Gasteiger partial charge in [-0.3, -0.25) is 14.6 Å². The molecule has 3 aliphatic heterocycles. The lowest BCUT2D eigenvalue weighted by atomic mass is 9.92. The summed E-state index contributed by atoms with van der Waals surface area (Å²) in [6.45, 7) is 13.6. The van der Waals surface area contributed by atoms with Gasteiger partial charge in [-0.1, -0.05) is 30.3 Å². The van der Waals surface area contributed by atoms with Crippen LogP contribution in [0.3, 0.4) is 0 Å². The van der Waals surface area contributed by atoms with Crippen molar-refractivity contribution in [1.29, 1.82) is 0 Å². The summed E-state index contributed by atoms with van der Waals surface area (Å²) in [6.07, 6.45) is 3.37. The van der Waals surface area contributed by atoms with Gasteiger partial charge in [0.25, 0.3) is 5.91 Å². The molecule has 3 fully saturated rings. The quantitative estimate of drug-likeness (QED) is 0.598. The van der Waals surface area contributed by atoms with Crippen LogP contribution in [0.1, 0.15) is 54.2 Å². The molecule has 3 heterocycles. The Bertz CT molecular complexity index is 1110. The third-order valence-corrected chi connectivity index (χ3v) is 8.12. The fourth-order valence-electron chi connectivity index (χ4n) is 6.14. The maximum Gasteiger partial charge on any atom is 0.253 e. The molecule has 0 aliphatic carbocycles. The summed E-state index contributed by atoms with van der Waals surface area (Å²) in [4.78, 5) is 20.4. The molecular weight excluding hydrogens is 466 g/mol. The first-order valence-corrected chi connectivity index (χ1v) is 13.5. The lowest BCUT2D eigenvalue weighted by molar-refractivity contribution is -0.181. The van der Waals surface area contributed by atoms with Gasteiger partial charge in [0, 0.05) is 63.2 Å². The van der Waals surface area contributed by atoms with Crippen molar-refractivity contribution in [3.05, 3.63) is 77.9 Å². The smallest absolute Gasteiger partial charge is 0.253 e. The van der Waals surface area contributed by atoms with Crippen LogP contribution in [0, 0.1) is 0 Å². The molecule has 1 spiro atoms. The van der Waals surface area contributed by atoms with E-state index < -0.39 is 5.79 Å². The molecule has 2 aromatic carbocycles. The Morgan fingerprint density at radius 2 is 1.73 bits per heavy atom. The Hall–Kier alpha value is -2.71. The van der Waals surface area contributed by atoms with Crippen molar-refractivity contribution in [1.82, 2.24) is 14.7 Å². The molecule has 0 radical (unpaired) electrons. The maximum absolute atomic E-state index is 13.6. The summed E-state index contributed by atoms with van der Waals surface area (Å²) in [5.74, 6) is -0.208. The largest absolute Gasteiger partial charge is 0.508 e. The van der Waals surface area contributed by atoms with E-state index in [4.69, 9.17) is 9.47 Å². The van der Waals surface area contributed by atoms with E-state index in [9.17, 15) is 9.90 Å². The molecule has 2 aromatic rings. The van der Waals surface area contributed by atoms with E-state index in [0.717, 1.165) is 30.8 Å². The number of nitrogens with zero attached hydrogens (tertiary/aromatic N) is 3. The van der Waals surface area contributed by atoms with Crippen molar-refractivity contribution in [3.63, 3.8) is 0 Å². The van der Waals surface area contributed by atoms with E-state index in [-0.39, 0.29) is 23.7 Å². The number of benzene rings is 2. The van der Waals surface area contributed by atoms with Gasteiger partial charge in [0.1, 0.15) is 5.75 Å². The van der Waals surface area contributed by atoms with Gasteiger partial charge < -0.3 is 19.5 Å². The predicted octanol–water partition coefficient (Wildman–Crippen LogP) is 4.04. The Morgan fingerprint density at radius 1 is 1.05 bits per heavy atom. The number of likely N-dealkylation sites (tertiary alicyclic amines) is 1. The number of amides is 1. The number of piperidine rings is 1. The Morgan fingerprint density at radius 3 is 2.41 bits per heavy atom. The van der Waals surface area contributed by atoms with Crippen LogP contribution in [0.2, 0.25) is 0 Å². The number of carbonyl (C=O) groups excluding carboxylic acids is 1. The minimum atomic E-state index is -0.500. The molecule has 0 saturated carbocycles. The number of phenolic OH excluding ortho intramolecular Hbond substituents is 1. The van der Waals surface area contributed by atoms with Gasteiger partial charge in [-0.15, -0.1) is 6.58 Å². The summed E-state index contributed by atoms with van der Waals surface area (Å²) in [5, 5.41) is 10.3. The van der Waals surface area contributed by atoms with Crippen LogP contribution in [0.15, 0.2) is 61.2 Å². The summed E-state index contributed by atoms with van der Waals surface area (Å²) in [7, 11) is 0. The monoisotopic (exact) mass is 505 g/mol. The van der Waals surface area contributed by atoms with Crippen LogP contribution in [0.4, 0.5) is 0 Å². The molecule has 3 saturated heterocycles.